The first-order valence-corrected chi connectivity index (χ1v) is 8.89. The second-order valence-corrected chi connectivity index (χ2v) is 5.72. The summed E-state index contributed by atoms with van der Waals surface area (Å²) in [5.74, 6) is -0.0797. The Morgan fingerprint density at radius 1 is 0.923 bits per heavy atom. The lowest BCUT2D eigenvalue weighted by atomic mass is 10.1. The molecule has 2 rings (SSSR count). The summed E-state index contributed by atoms with van der Waals surface area (Å²) in [5, 5.41) is 0. The third-order valence-corrected chi connectivity index (χ3v) is 3.88. The Morgan fingerprint density at radius 2 is 1.54 bits per heavy atom. The molecule has 0 N–H and O–H groups in total. The van der Waals surface area contributed by atoms with Crippen LogP contribution >= 0.6 is 0 Å². The Bertz CT molecular complexity index is 633. The summed E-state index contributed by atoms with van der Waals surface area (Å²) in [5.41, 5.74) is 1.45. The number of anilines is 1. The van der Waals surface area contributed by atoms with Crippen LogP contribution in [0.5, 0.6) is 0 Å². The van der Waals surface area contributed by atoms with Gasteiger partial charge in [-0.15, -0.1) is 0 Å². The van der Waals surface area contributed by atoms with Gasteiger partial charge in [0.1, 0.15) is 6.23 Å². The number of rotatable bonds is 11. The molecule has 140 valence electrons. The first-order valence-electron chi connectivity index (χ1n) is 8.89. The minimum Gasteiger partial charge on any atom is -0.382 e. The standard InChI is InChI=1S/C21H27NO4/c1-3-20(26-17-16-25-15-14-24-2)22(19-12-8-5-9-13-19)21(23)18-10-6-4-7-11-18/h4-13,20H,3,14-17H2,1-2H3/t20-/m0/s1. The second kappa shape index (κ2) is 11.4. The van der Waals surface area contributed by atoms with Crippen LogP contribution in [0.2, 0.25) is 0 Å². The predicted octanol–water partition coefficient (Wildman–Crippen LogP) is 3.75. The van der Waals surface area contributed by atoms with Crippen LogP contribution in [0.25, 0.3) is 0 Å². The first kappa shape index (κ1) is 20.1. The molecule has 0 saturated heterocycles. The molecule has 1 atom stereocenters. The molecule has 2 aromatic rings. The van der Waals surface area contributed by atoms with Crippen molar-refractivity contribution in [1.82, 2.24) is 0 Å². The summed E-state index contributed by atoms with van der Waals surface area (Å²) < 4.78 is 16.4. The lowest BCUT2D eigenvalue weighted by Gasteiger charge is -2.31. The van der Waals surface area contributed by atoms with Crippen molar-refractivity contribution in [1.29, 1.82) is 0 Å². The third-order valence-electron chi connectivity index (χ3n) is 3.88. The molecule has 0 heterocycles. The van der Waals surface area contributed by atoms with Crippen LogP contribution in [0, 0.1) is 0 Å². The molecule has 5 nitrogen and oxygen atoms in total. The van der Waals surface area contributed by atoms with Gasteiger partial charge < -0.3 is 14.2 Å². The topological polar surface area (TPSA) is 48.0 Å². The molecule has 0 aliphatic heterocycles. The summed E-state index contributed by atoms with van der Waals surface area (Å²) in [6.07, 6.45) is 0.307. The Morgan fingerprint density at radius 3 is 2.15 bits per heavy atom. The van der Waals surface area contributed by atoms with E-state index in [1.165, 1.54) is 0 Å². The van der Waals surface area contributed by atoms with Crippen LogP contribution in [-0.2, 0) is 14.2 Å². The van der Waals surface area contributed by atoms with Crippen LogP contribution in [0.3, 0.4) is 0 Å². The second-order valence-electron chi connectivity index (χ2n) is 5.72. The Hall–Kier alpha value is -2.21. The molecule has 0 spiro atoms. The minimum absolute atomic E-state index is 0.0797. The van der Waals surface area contributed by atoms with Gasteiger partial charge in [-0.3, -0.25) is 9.69 Å². The average Bonchev–Trinajstić information content (AvgIpc) is 2.70. The predicted molar refractivity (Wildman–Crippen MR) is 102 cm³/mol. The maximum Gasteiger partial charge on any atom is 0.260 e. The number of amides is 1. The van der Waals surface area contributed by atoms with E-state index >= 15 is 0 Å². The largest absolute Gasteiger partial charge is 0.382 e. The fraction of sp³-hybridized carbons (Fsp3) is 0.381. The van der Waals surface area contributed by atoms with E-state index < -0.39 is 0 Å². The van der Waals surface area contributed by atoms with Crippen molar-refractivity contribution in [2.75, 3.05) is 38.4 Å². The van der Waals surface area contributed by atoms with Crippen molar-refractivity contribution in [3.05, 3.63) is 66.2 Å². The number of para-hydroxylation sites is 1. The zero-order chi connectivity index (χ0) is 18.6. The molecule has 0 aromatic heterocycles. The Labute approximate surface area is 155 Å². The van der Waals surface area contributed by atoms with Gasteiger partial charge in [-0.1, -0.05) is 43.3 Å². The summed E-state index contributed by atoms with van der Waals surface area (Å²) in [7, 11) is 1.64. The van der Waals surface area contributed by atoms with Gasteiger partial charge in [0, 0.05) is 18.4 Å². The maximum absolute atomic E-state index is 13.1. The highest BCUT2D eigenvalue weighted by Crippen LogP contribution is 2.22. The molecular weight excluding hydrogens is 330 g/mol. The highest BCUT2D eigenvalue weighted by atomic mass is 16.5. The molecule has 5 heteroatoms. The number of carbonyl (C=O) groups is 1. The molecular formula is C21H27NO4. The molecule has 0 unspecified atom stereocenters. The Kier molecular flexibility index (Phi) is 8.83. The van der Waals surface area contributed by atoms with Crippen LogP contribution in [-0.4, -0.2) is 45.7 Å². The van der Waals surface area contributed by atoms with Crippen LogP contribution in [0.1, 0.15) is 23.7 Å². The summed E-state index contributed by atoms with van der Waals surface area (Å²) in [6, 6.07) is 18.9. The van der Waals surface area contributed by atoms with E-state index in [2.05, 4.69) is 0 Å². The number of hydrogen-bond donors (Lipinski definition) is 0. The van der Waals surface area contributed by atoms with Crippen LogP contribution in [0.15, 0.2) is 60.7 Å². The molecule has 2 aromatic carbocycles. The number of benzene rings is 2. The van der Waals surface area contributed by atoms with Crippen molar-refractivity contribution in [2.24, 2.45) is 0 Å². The molecule has 0 saturated carbocycles. The van der Waals surface area contributed by atoms with E-state index in [-0.39, 0.29) is 12.1 Å². The third kappa shape index (κ3) is 5.95. The van der Waals surface area contributed by atoms with Gasteiger partial charge in [0.15, 0.2) is 0 Å². The maximum atomic E-state index is 13.1. The normalized spacial score (nSPS) is 11.9. The molecule has 0 aliphatic rings. The SMILES string of the molecule is CC[C@H](OCCOCCOC)N(C(=O)c1ccccc1)c1ccccc1. The lowest BCUT2D eigenvalue weighted by molar-refractivity contribution is -0.00750. The Balaban J connectivity index is 2.10. The molecule has 0 bridgehead atoms. The van der Waals surface area contributed by atoms with Crippen molar-refractivity contribution < 1.29 is 19.0 Å². The number of methoxy groups -OCH3 is 1. The molecule has 0 aliphatic carbocycles. The molecule has 0 radical (unpaired) electrons. The van der Waals surface area contributed by atoms with E-state index in [0.29, 0.717) is 38.4 Å². The average molecular weight is 357 g/mol. The van der Waals surface area contributed by atoms with Crippen LogP contribution in [0.4, 0.5) is 5.69 Å². The van der Waals surface area contributed by atoms with E-state index in [1.54, 1.807) is 12.0 Å². The first-order chi connectivity index (χ1) is 12.8. The fourth-order valence-electron chi connectivity index (χ4n) is 2.59. The summed E-state index contributed by atoms with van der Waals surface area (Å²) in [6.45, 7) is 3.96. The quantitative estimate of drug-likeness (QED) is 0.454. The van der Waals surface area contributed by atoms with Crippen molar-refractivity contribution >= 4 is 11.6 Å². The monoisotopic (exact) mass is 357 g/mol. The van der Waals surface area contributed by atoms with Crippen molar-refractivity contribution in [3.8, 4) is 0 Å². The van der Waals surface area contributed by atoms with Gasteiger partial charge >= 0.3 is 0 Å². The van der Waals surface area contributed by atoms with Gasteiger partial charge in [0.25, 0.3) is 5.91 Å². The van der Waals surface area contributed by atoms with E-state index in [0.717, 1.165) is 5.69 Å². The van der Waals surface area contributed by atoms with E-state index in [4.69, 9.17) is 14.2 Å². The summed E-state index contributed by atoms with van der Waals surface area (Å²) >= 11 is 0. The van der Waals surface area contributed by atoms with Crippen molar-refractivity contribution in [2.45, 2.75) is 19.6 Å². The zero-order valence-electron chi connectivity index (χ0n) is 15.5. The number of hydrogen-bond acceptors (Lipinski definition) is 4. The lowest BCUT2D eigenvalue weighted by Crippen LogP contribution is -2.42. The zero-order valence-corrected chi connectivity index (χ0v) is 15.5. The molecule has 0 fully saturated rings. The van der Waals surface area contributed by atoms with Gasteiger partial charge in [0.2, 0.25) is 0 Å². The fourth-order valence-corrected chi connectivity index (χ4v) is 2.59. The highest BCUT2D eigenvalue weighted by Gasteiger charge is 2.25. The number of carbonyl (C=O) groups excluding carboxylic acids is 1. The molecule has 26 heavy (non-hydrogen) atoms. The van der Waals surface area contributed by atoms with Gasteiger partial charge in [-0.2, -0.15) is 0 Å². The van der Waals surface area contributed by atoms with Gasteiger partial charge in [-0.25, -0.2) is 0 Å². The minimum atomic E-state index is -0.365. The highest BCUT2D eigenvalue weighted by molar-refractivity contribution is 6.06. The van der Waals surface area contributed by atoms with Crippen LogP contribution < -0.4 is 4.90 Å². The van der Waals surface area contributed by atoms with Gasteiger partial charge in [-0.05, 0) is 30.7 Å². The van der Waals surface area contributed by atoms with Crippen molar-refractivity contribution in [3.63, 3.8) is 0 Å². The van der Waals surface area contributed by atoms with E-state index in [9.17, 15) is 4.79 Å². The smallest absolute Gasteiger partial charge is 0.260 e. The summed E-state index contributed by atoms with van der Waals surface area (Å²) in [4.78, 5) is 14.8. The number of ether oxygens (including phenoxy) is 3. The van der Waals surface area contributed by atoms with Gasteiger partial charge in [0.05, 0.1) is 26.4 Å². The number of nitrogens with zero attached hydrogens (tertiary/aromatic N) is 1. The molecule has 1 amide bonds. The van der Waals surface area contributed by atoms with E-state index in [1.807, 2.05) is 67.6 Å².